The molecule has 2 heterocycles. The molecule has 8 heteroatoms. The first-order chi connectivity index (χ1) is 8.71. The molecule has 2 aromatic heterocycles. The van der Waals surface area contributed by atoms with Crippen LogP contribution in [0.2, 0.25) is 5.28 Å². The summed E-state index contributed by atoms with van der Waals surface area (Å²) in [6.45, 7) is 5.10. The lowest BCUT2D eigenvalue weighted by Gasteiger charge is -2.04. The molecule has 0 amide bonds. The van der Waals surface area contributed by atoms with Gasteiger partial charge in [0.15, 0.2) is 5.82 Å². The summed E-state index contributed by atoms with van der Waals surface area (Å²) >= 11 is 5.78. The maximum Gasteiger partial charge on any atom is 0.322 e. The van der Waals surface area contributed by atoms with Crippen molar-refractivity contribution in [3.05, 3.63) is 17.5 Å². The van der Waals surface area contributed by atoms with E-state index in [9.17, 15) is 0 Å². The van der Waals surface area contributed by atoms with E-state index in [1.165, 1.54) is 0 Å². The maximum absolute atomic E-state index is 5.78. The highest BCUT2D eigenvalue weighted by molar-refractivity contribution is 6.28. The predicted molar refractivity (Wildman–Crippen MR) is 67.2 cm³/mol. The van der Waals surface area contributed by atoms with E-state index >= 15 is 0 Å². The Hall–Kier alpha value is -1.89. The van der Waals surface area contributed by atoms with Gasteiger partial charge in [-0.2, -0.15) is 20.1 Å². The van der Waals surface area contributed by atoms with Gasteiger partial charge in [-0.15, -0.1) is 0 Å². The van der Waals surface area contributed by atoms with Crippen LogP contribution in [0.15, 0.2) is 12.3 Å². The Bertz CT molecular complexity index is 529. The van der Waals surface area contributed by atoms with Crippen LogP contribution in [0.3, 0.4) is 0 Å². The van der Waals surface area contributed by atoms with Gasteiger partial charge in [0.1, 0.15) is 0 Å². The average Bonchev–Trinajstić information content (AvgIpc) is 2.76. The lowest BCUT2D eigenvalue weighted by molar-refractivity contribution is 0.312. The molecular formula is C10H13ClN6O. The molecule has 0 saturated heterocycles. The van der Waals surface area contributed by atoms with Gasteiger partial charge < -0.3 is 10.1 Å². The Balaban J connectivity index is 2.17. The molecule has 96 valence electrons. The summed E-state index contributed by atoms with van der Waals surface area (Å²) < 4.78 is 6.97. The molecule has 0 aromatic carbocycles. The van der Waals surface area contributed by atoms with E-state index in [1.54, 1.807) is 4.68 Å². The van der Waals surface area contributed by atoms with E-state index < -0.39 is 0 Å². The second-order valence-electron chi connectivity index (χ2n) is 3.33. The van der Waals surface area contributed by atoms with Crippen LogP contribution < -0.4 is 10.1 Å². The summed E-state index contributed by atoms with van der Waals surface area (Å²) in [6.07, 6.45) is 1.86. The maximum atomic E-state index is 5.78. The number of nitrogens with one attached hydrogen (secondary N) is 1. The van der Waals surface area contributed by atoms with Gasteiger partial charge in [-0.05, 0) is 25.4 Å². The lowest BCUT2D eigenvalue weighted by atomic mass is 10.6. The average molecular weight is 269 g/mol. The minimum Gasteiger partial charge on any atom is -0.464 e. The van der Waals surface area contributed by atoms with Crippen molar-refractivity contribution < 1.29 is 4.74 Å². The SMILES string of the molecule is CCOc1nc(Cl)nc(Nc2ccn(CC)n2)n1. The minimum atomic E-state index is 0.0749. The normalized spacial score (nSPS) is 10.4. The molecular weight excluding hydrogens is 256 g/mol. The Kier molecular flexibility index (Phi) is 3.93. The molecule has 0 atom stereocenters. The first-order valence-corrected chi connectivity index (χ1v) is 5.94. The quantitative estimate of drug-likeness (QED) is 0.892. The summed E-state index contributed by atoms with van der Waals surface area (Å²) in [7, 11) is 0. The third kappa shape index (κ3) is 3.07. The highest BCUT2D eigenvalue weighted by Crippen LogP contribution is 2.15. The van der Waals surface area contributed by atoms with E-state index in [-0.39, 0.29) is 11.3 Å². The standard InChI is InChI=1S/C10H13ClN6O/c1-3-17-6-5-7(16-17)12-9-13-8(11)14-10(15-9)18-4-2/h5-6H,3-4H2,1-2H3,(H,12,13,14,15,16). The molecule has 0 bridgehead atoms. The van der Waals surface area contributed by atoms with Gasteiger partial charge in [-0.1, -0.05) is 0 Å². The Morgan fingerprint density at radius 1 is 1.33 bits per heavy atom. The Morgan fingerprint density at radius 3 is 2.83 bits per heavy atom. The summed E-state index contributed by atoms with van der Waals surface area (Å²) in [4.78, 5) is 11.9. The number of hydrogen-bond acceptors (Lipinski definition) is 6. The second kappa shape index (κ2) is 5.63. The van der Waals surface area contributed by atoms with Crippen molar-refractivity contribution in [1.29, 1.82) is 0 Å². The molecule has 0 spiro atoms. The first-order valence-electron chi connectivity index (χ1n) is 5.56. The van der Waals surface area contributed by atoms with Crippen molar-refractivity contribution in [2.45, 2.75) is 20.4 Å². The number of aryl methyl sites for hydroxylation is 1. The predicted octanol–water partition coefficient (Wildman–Crippen LogP) is 1.88. The summed E-state index contributed by atoms with van der Waals surface area (Å²) in [6, 6.07) is 2.01. The van der Waals surface area contributed by atoms with E-state index in [2.05, 4.69) is 25.4 Å². The van der Waals surface area contributed by atoms with Crippen LogP contribution in [-0.2, 0) is 6.54 Å². The van der Waals surface area contributed by atoms with Gasteiger partial charge in [-0.3, -0.25) is 4.68 Å². The summed E-state index contributed by atoms with van der Waals surface area (Å²) in [5.41, 5.74) is 0. The van der Waals surface area contributed by atoms with Crippen LogP contribution in [-0.4, -0.2) is 31.3 Å². The summed E-state index contributed by atoms with van der Waals surface area (Å²) in [5.74, 6) is 0.946. The lowest BCUT2D eigenvalue weighted by Crippen LogP contribution is -2.04. The molecule has 0 aliphatic rings. The Morgan fingerprint density at radius 2 is 2.17 bits per heavy atom. The largest absolute Gasteiger partial charge is 0.464 e. The van der Waals surface area contributed by atoms with Crippen molar-refractivity contribution in [1.82, 2.24) is 24.7 Å². The molecule has 2 rings (SSSR count). The van der Waals surface area contributed by atoms with Crippen LogP contribution >= 0.6 is 11.6 Å². The van der Waals surface area contributed by atoms with Gasteiger partial charge in [0.2, 0.25) is 11.2 Å². The zero-order chi connectivity index (χ0) is 13.0. The van der Waals surface area contributed by atoms with Crippen molar-refractivity contribution in [2.75, 3.05) is 11.9 Å². The zero-order valence-electron chi connectivity index (χ0n) is 10.1. The topological polar surface area (TPSA) is 77.8 Å². The fourth-order valence-electron chi connectivity index (χ4n) is 1.30. The number of nitrogens with zero attached hydrogens (tertiary/aromatic N) is 5. The summed E-state index contributed by atoms with van der Waals surface area (Å²) in [5, 5.41) is 7.27. The molecule has 0 aliphatic carbocycles. The monoisotopic (exact) mass is 268 g/mol. The smallest absolute Gasteiger partial charge is 0.322 e. The van der Waals surface area contributed by atoms with Crippen LogP contribution in [0.4, 0.5) is 11.8 Å². The highest BCUT2D eigenvalue weighted by atomic mass is 35.5. The number of hydrogen-bond donors (Lipinski definition) is 1. The van der Waals surface area contributed by atoms with Crippen molar-refractivity contribution in [3.63, 3.8) is 0 Å². The fourth-order valence-corrected chi connectivity index (χ4v) is 1.45. The fraction of sp³-hybridized carbons (Fsp3) is 0.400. The molecule has 18 heavy (non-hydrogen) atoms. The number of anilines is 2. The van der Waals surface area contributed by atoms with Crippen LogP contribution in [0.1, 0.15) is 13.8 Å². The van der Waals surface area contributed by atoms with Crippen LogP contribution in [0, 0.1) is 0 Å². The third-order valence-corrected chi connectivity index (χ3v) is 2.23. The number of rotatable bonds is 5. The van der Waals surface area contributed by atoms with E-state index in [4.69, 9.17) is 16.3 Å². The molecule has 0 unspecified atom stereocenters. The third-order valence-electron chi connectivity index (χ3n) is 2.07. The van der Waals surface area contributed by atoms with E-state index in [0.717, 1.165) is 6.54 Å². The number of halogens is 1. The van der Waals surface area contributed by atoms with Crippen molar-refractivity contribution >= 4 is 23.4 Å². The van der Waals surface area contributed by atoms with Crippen LogP contribution in [0.5, 0.6) is 6.01 Å². The van der Waals surface area contributed by atoms with Crippen molar-refractivity contribution in [2.24, 2.45) is 0 Å². The van der Waals surface area contributed by atoms with E-state index in [0.29, 0.717) is 18.4 Å². The molecule has 1 N–H and O–H groups in total. The van der Waals surface area contributed by atoms with Crippen LogP contribution in [0.25, 0.3) is 0 Å². The van der Waals surface area contributed by atoms with Gasteiger partial charge in [-0.25, -0.2) is 0 Å². The molecule has 0 saturated carbocycles. The molecule has 0 radical (unpaired) electrons. The van der Waals surface area contributed by atoms with Gasteiger partial charge >= 0.3 is 6.01 Å². The highest BCUT2D eigenvalue weighted by Gasteiger charge is 2.07. The second-order valence-corrected chi connectivity index (χ2v) is 3.66. The molecule has 7 nitrogen and oxygen atoms in total. The zero-order valence-corrected chi connectivity index (χ0v) is 10.8. The minimum absolute atomic E-state index is 0.0749. The molecule has 2 aromatic rings. The van der Waals surface area contributed by atoms with Crippen molar-refractivity contribution in [3.8, 4) is 6.01 Å². The molecule has 0 fully saturated rings. The first kappa shape index (κ1) is 12.6. The number of aromatic nitrogens is 5. The van der Waals surface area contributed by atoms with Gasteiger partial charge in [0.05, 0.1) is 6.61 Å². The molecule has 0 aliphatic heterocycles. The van der Waals surface area contributed by atoms with Gasteiger partial charge in [0, 0.05) is 18.8 Å². The Labute approximate surface area is 109 Å². The van der Waals surface area contributed by atoms with Gasteiger partial charge in [0.25, 0.3) is 0 Å². The van der Waals surface area contributed by atoms with E-state index in [1.807, 2.05) is 26.1 Å². The number of ether oxygens (including phenoxy) is 1.